The third-order valence-corrected chi connectivity index (χ3v) is 3.41. The Morgan fingerprint density at radius 2 is 2.20 bits per heavy atom. The molecule has 0 spiro atoms. The molecule has 1 aromatic carbocycles. The molecule has 0 saturated heterocycles. The van der Waals surface area contributed by atoms with Crippen molar-refractivity contribution in [2.75, 3.05) is 5.75 Å². The maximum absolute atomic E-state index is 5.70. The van der Waals surface area contributed by atoms with Crippen molar-refractivity contribution in [3.63, 3.8) is 0 Å². The summed E-state index contributed by atoms with van der Waals surface area (Å²) < 4.78 is 0. The van der Waals surface area contributed by atoms with Crippen LogP contribution in [0.2, 0.25) is 0 Å². The Morgan fingerprint density at radius 1 is 1.40 bits per heavy atom. The molecule has 2 N–H and O–H groups in total. The molecule has 0 aromatic heterocycles. The van der Waals surface area contributed by atoms with Gasteiger partial charge in [-0.1, -0.05) is 29.8 Å². The fraction of sp³-hybridized carbons (Fsp3) is 0.538. The number of benzene rings is 1. The van der Waals surface area contributed by atoms with Crippen molar-refractivity contribution < 1.29 is 0 Å². The molecule has 0 saturated carbocycles. The molecule has 0 bridgehead atoms. The number of aryl methyl sites for hydroxylation is 1. The zero-order chi connectivity index (χ0) is 11.1. The minimum atomic E-state index is 0.351. The molecule has 0 aliphatic heterocycles. The smallest absolute Gasteiger partial charge is 0.0184 e. The number of hydrogen-bond donors (Lipinski definition) is 1. The zero-order valence-electron chi connectivity index (χ0n) is 9.70. The maximum Gasteiger partial charge on any atom is 0.0184 e. The van der Waals surface area contributed by atoms with Gasteiger partial charge in [0.05, 0.1) is 0 Å². The molecule has 2 heteroatoms. The summed E-state index contributed by atoms with van der Waals surface area (Å²) in [7, 11) is 0. The summed E-state index contributed by atoms with van der Waals surface area (Å²) in [6.45, 7) is 4.22. The van der Waals surface area contributed by atoms with E-state index < -0.39 is 0 Å². The minimum Gasteiger partial charge on any atom is -0.328 e. The highest BCUT2D eigenvalue weighted by molar-refractivity contribution is 7.98. The van der Waals surface area contributed by atoms with E-state index in [9.17, 15) is 0 Å². The number of hydrogen-bond acceptors (Lipinski definition) is 2. The van der Waals surface area contributed by atoms with Gasteiger partial charge in [0.2, 0.25) is 0 Å². The number of thioether (sulfide) groups is 1. The van der Waals surface area contributed by atoms with Crippen molar-refractivity contribution in [1.29, 1.82) is 0 Å². The average molecular weight is 223 g/mol. The van der Waals surface area contributed by atoms with E-state index in [1.807, 2.05) is 11.8 Å². The van der Waals surface area contributed by atoms with Crippen LogP contribution in [0.5, 0.6) is 0 Å². The van der Waals surface area contributed by atoms with Crippen LogP contribution in [-0.4, -0.2) is 11.8 Å². The van der Waals surface area contributed by atoms with Crippen LogP contribution in [0.3, 0.4) is 0 Å². The Labute approximate surface area is 97.4 Å². The summed E-state index contributed by atoms with van der Waals surface area (Å²) in [6, 6.07) is 9.09. The van der Waals surface area contributed by atoms with Crippen molar-refractivity contribution in [2.45, 2.75) is 38.5 Å². The Hall–Kier alpha value is -0.470. The van der Waals surface area contributed by atoms with Crippen LogP contribution in [0.25, 0.3) is 0 Å². The van der Waals surface area contributed by atoms with Crippen LogP contribution in [0, 0.1) is 6.92 Å². The average Bonchev–Trinajstić information content (AvgIpc) is 2.17. The molecule has 0 fully saturated rings. The van der Waals surface area contributed by atoms with Crippen LogP contribution in [0.15, 0.2) is 24.3 Å². The van der Waals surface area contributed by atoms with Crippen LogP contribution >= 0.6 is 11.8 Å². The molecule has 0 amide bonds. The molecule has 0 aliphatic carbocycles. The van der Waals surface area contributed by atoms with E-state index in [1.54, 1.807) is 0 Å². The van der Waals surface area contributed by atoms with Gasteiger partial charge >= 0.3 is 0 Å². The molecule has 1 atom stereocenters. The van der Waals surface area contributed by atoms with Gasteiger partial charge in [0.1, 0.15) is 0 Å². The van der Waals surface area contributed by atoms with Gasteiger partial charge in [-0.3, -0.25) is 0 Å². The van der Waals surface area contributed by atoms with E-state index in [1.165, 1.54) is 23.3 Å². The summed E-state index contributed by atoms with van der Waals surface area (Å²) >= 11 is 2.00. The quantitative estimate of drug-likeness (QED) is 0.748. The van der Waals surface area contributed by atoms with E-state index in [0.717, 1.165) is 12.2 Å². The van der Waals surface area contributed by atoms with Gasteiger partial charge < -0.3 is 5.73 Å². The largest absolute Gasteiger partial charge is 0.328 e. The zero-order valence-corrected chi connectivity index (χ0v) is 10.5. The van der Waals surface area contributed by atoms with Crippen LogP contribution < -0.4 is 5.73 Å². The van der Waals surface area contributed by atoms with Crippen molar-refractivity contribution in [3.05, 3.63) is 35.4 Å². The summed E-state index contributed by atoms with van der Waals surface area (Å²) in [6.07, 6.45) is 2.37. The summed E-state index contributed by atoms with van der Waals surface area (Å²) in [4.78, 5) is 0. The first kappa shape index (κ1) is 12.6. The van der Waals surface area contributed by atoms with Crippen molar-refractivity contribution in [2.24, 2.45) is 5.73 Å². The van der Waals surface area contributed by atoms with Gasteiger partial charge in [-0.05, 0) is 38.0 Å². The Balaban J connectivity index is 2.15. The lowest BCUT2D eigenvalue weighted by Gasteiger charge is -2.05. The van der Waals surface area contributed by atoms with Crippen molar-refractivity contribution in [1.82, 2.24) is 0 Å². The number of rotatable bonds is 6. The lowest BCUT2D eigenvalue weighted by Crippen LogP contribution is -2.14. The molecule has 15 heavy (non-hydrogen) atoms. The van der Waals surface area contributed by atoms with Crippen LogP contribution in [0.1, 0.15) is 30.9 Å². The van der Waals surface area contributed by atoms with Gasteiger partial charge in [0.15, 0.2) is 0 Å². The predicted molar refractivity (Wildman–Crippen MR) is 70.2 cm³/mol. The first-order valence-electron chi connectivity index (χ1n) is 5.57. The predicted octanol–water partition coefficient (Wildman–Crippen LogP) is 3.36. The first-order chi connectivity index (χ1) is 7.18. The minimum absolute atomic E-state index is 0.351. The van der Waals surface area contributed by atoms with Gasteiger partial charge in [-0.25, -0.2) is 0 Å². The van der Waals surface area contributed by atoms with E-state index in [4.69, 9.17) is 5.73 Å². The lowest BCUT2D eigenvalue weighted by atomic mass is 10.2. The number of nitrogens with two attached hydrogens (primary N) is 1. The lowest BCUT2D eigenvalue weighted by molar-refractivity contribution is 0.656. The first-order valence-corrected chi connectivity index (χ1v) is 6.73. The molecule has 1 rings (SSSR count). The second kappa shape index (κ2) is 6.91. The third kappa shape index (κ3) is 5.85. The summed E-state index contributed by atoms with van der Waals surface area (Å²) in [5.41, 5.74) is 8.48. The molecule has 84 valence electrons. The third-order valence-electron chi connectivity index (χ3n) is 2.30. The second-order valence-electron chi connectivity index (χ2n) is 4.16. The van der Waals surface area contributed by atoms with Crippen molar-refractivity contribution in [3.8, 4) is 0 Å². The van der Waals surface area contributed by atoms with Gasteiger partial charge in [0.25, 0.3) is 0 Å². The highest BCUT2D eigenvalue weighted by Gasteiger charge is 1.96. The van der Waals surface area contributed by atoms with E-state index in [2.05, 4.69) is 38.1 Å². The molecule has 0 radical (unpaired) electrons. The SMILES string of the molecule is Cc1cccc(CSCCCC(C)N)c1. The van der Waals surface area contributed by atoms with E-state index in [-0.39, 0.29) is 0 Å². The Kier molecular flexibility index (Phi) is 5.81. The molecule has 1 nitrogen and oxygen atoms in total. The molecule has 0 aliphatic rings. The summed E-state index contributed by atoms with van der Waals surface area (Å²) in [5.74, 6) is 2.34. The van der Waals surface area contributed by atoms with Gasteiger partial charge in [0, 0.05) is 11.8 Å². The van der Waals surface area contributed by atoms with Gasteiger partial charge in [-0.2, -0.15) is 11.8 Å². The highest BCUT2D eigenvalue weighted by Crippen LogP contribution is 2.15. The van der Waals surface area contributed by atoms with Gasteiger partial charge in [-0.15, -0.1) is 0 Å². The Morgan fingerprint density at radius 3 is 2.87 bits per heavy atom. The standard InChI is InChI=1S/C13H21NS/c1-11-5-3-7-13(9-11)10-15-8-4-6-12(2)14/h3,5,7,9,12H,4,6,8,10,14H2,1-2H3. The molecular weight excluding hydrogens is 202 g/mol. The van der Waals surface area contributed by atoms with Crippen LogP contribution in [0.4, 0.5) is 0 Å². The maximum atomic E-state index is 5.70. The Bertz CT molecular complexity index is 284. The second-order valence-corrected chi connectivity index (χ2v) is 5.27. The molecule has 0 heterocycles. The fourth-order valence-corrected chi connectivity index (χ4v) is 2.43. The highest BCUT2D eigenvalue weighted by atomic mass is 32.2. The molecule has 1 aromatic rings. The monoisotopic (exact) mass is 223 g/mol. The van der Waals surface area contributed by atoms with E-state index in [0.29, 0.717) is 6.04 Å². The van der Waals surface area contributed by atoms with Crippen LogP contribution in [-0.2, 0) is 5.75 Å². The molecular formula is C13H21NS. The normalized spacial score (nSPS) is 12.7. The summed E-state index contributed by atoms with van der Waals surface area (Å²) in [5, 5.41) is 0. The molecule has 1 unspecified atom stereocenters. The fourth-order valence-electron chi connectivity index (χ4n) is 1.50. The topological polar surface area (TPSA) is 26.0 Å². The van der Waals surface area contributed by atoms with Crippen molar-refractivity contribution >= 4 is 11.8 Å². The van der Waals surface area contributed by atoms with E-state index >= 15 is 0 Å².